The van der Waals surface area contributed by atoms with Gasteiger partial charge in [-0.25, -0.2) is 4.57 Å². The van der Waals surface area contributed by atoms with E-state index in [-0.39, 0.29) is 0 Å². The first-order valence-electron chi connectivity index (χ1n) is 6.79. The molecule has 0 aliphatic carbocycles. The summed E-state index contributed by atoms with van der Waals surface area (Å²) in [4.78, 5) is 0. The van der Waals surface area contributed by atoms with Crippen molar-refractivity contribution in [2.75, 3.05) is 0 Å². The lowest BCUT2D eigenvalue weighted by Crippen LogP contribution is -2.40. The van der Waals surface area contributed by atoms with Gasteiger partial charge in [-0.15, -0.1) is 0 Å². The molecule has 2 rings (SSSR count). The second-order valence-corrected chi connectivity index (χ2v) is 4.90. The van der Waals surface area contributed by atoms with Gasteiger partial charge in [0, 0.05) is 32.4 Å². The van der Waals surface area contributed by atoms with Crippen molar-refractivity contribution >= 4 is 0 Å². The van der Waals surface area contributed by atoms with Gasteiger partial charge in [-0.3, -0.25) is 0 Å². The number of aromatic nitrogens is 1. The standard InChI is InChI=1S/C17H22N/c1-4-5-11-18-14(2)12-17(13-15(18)3)16-9-7-6-8-10-16/h6-10,12-13H,4-5,11H2,1-3H3/q+1. The van der Waals surface area contributed by atoms with Gasteiger partial charge in [0.05, 0.1) is 0 Å². The normalized spacial score (nSPS) is 10.6. The van der Waals surface area contributed by atoms with Gasteiger partial charge in [0.15, 0.2) is 11.4 Å². The predicted molar refractivity (Wildman–Crippen MR) is 76.5 cm³/mol. The number of hydrogen-bond acceptors (Lipinski definition) is 0. The minimum Gasteiger partial charge on any atom is -0.200 e. The molecule has 0 amide bonds. The zero-order chi connectivity index (χ0) is 13.0. The van der Waals surface area contributed by atoms with Crippen molar-refractivity contribution in [1.82, 2.24) is 0 Å². The summed E-state index contributed by atoms with van der Waals surface area (Å²) >= 11 is 0. The fourth-order valence-electron chi connectivity index (χ4n) is 2.39. The zero-order valence-corrected chi connectivity index (χ0v) is 11.6. The number of unbranched alkanes of at least 4 members (excludes halogenated alkanes) is 1. The summed E-state index contributed by atoms with van der Waals surface area (Å²) in [5.41, 5.74) is 5.31. The van der Waals surface area contributed by atoms with Crippen molar-refractivity contribution in [1.29, 1.82) is 0 Å². The average Bonchev–Trinajstić information content (AvgIpc) is 2.39. The number of pyridine rings is 1. The Morgan fingerprint density at radius 3 is 2.06 bits per heavy atom. The number of benzene rings is 1. The van der Waals surface area contributed by atoms with E-state index in [1.807, 2.05) is 0 Å². The van der Waals surface area contributed by atoms with Crippen LogP contribution in [-0.4, -0.2) is 0 Å². The summed E-state index contributed by atoms with van der Waals surface area (Å²) in [6.07, 6.45) is 2.49. The Labute approximate surface area is 110 Å². The quantitative estimate of drug-likeness (QED) is 0.710. The molecule has 18 heavy (non-hydrogen) atoms. The highest BCUT2D eigenvalue weighted by atomic mass is 15.0. The molecule has 0 unspecified atom stereocenters. The molecule has 1 aromatic heterocycles. The van der Waals surface area contributed by atoms with E-state index in [4.69, 9.17) is 0 Å². The van der Waals surface area contributed by atoms with Crippen LogP contribution < -0.4 is 4.57 Å². The largest absolute Gasteiger partial charge is 0.200 e. The lowest BCUT2D eigenvalue weighted by atomic mass is 10.0. The van der Waals surface area contributed by atoms with Gasteiger partial charge in [0.25, 0.3) is 0 Å². The molecular formula is C17H22N+. The van der Waals surface area contributed by atoms with E-state index in [2.05, 4.69) is 67.8 Å². The number of aryl methyl sites for hydroxylation is 2. The van der Waals surface area contributed by atoms with Gasteiger partial charge in [-0.05, 0) is 11.1 Å². The van der Waals surface area contributed by atoms with E-state index in [0.29, 0.717) is 0 Å². The molecule has 1 heteroatoms. The first kappa shape index (κ1) is 12.8. The molecule has 0 aliphatic heterocycles. The molecule has 0 N–H and O–H groups in total. The molecule has 0 atom stereocenters. The molecule has 1 nitrogen and oxygen atoms in total. The molecule has 94 valence electrons. The van der Waals surface area contributed by atoms with Crippen LogP contribution in [0.15, 0.2) is 42.5 Å². The third-order valence-electron chi connectivity index (χ3n) is 3.42. The second kappa shape index (κ2) is 5.81. The minimum atomic E-state index is 1.13. The second-order valence-electron chi connectivity index (χ2n) is 4.90. The minimum absolute atomic E-state index is 1.13. The van der Waals surface area contributed by atoms with Crippen LogP contribution in [0.3, 0.4) is 0 Å². The van der Waals surface area contributed by atoms with E-state index in [1.54, 1.807) is 0 Å². The van der Waals surface area contributed by atoms with E-state index in [0.717, 1.165) is 6.54 Å². The third kappa shape index (κ3) is 2.79. The summed E-state index contributed by atoms with van der Waals surface area (Å²) in [7, 11) is 0. The number of nitrogens with zero attached hydrogens (tertiary/aromatic N) is 1. The molecule has 0 saturated heterocycles. The number of hydrogen-bond donors (Lipinski definition) is 0. The maximum absolute atomic E-state index is 2.41. The monoisotopic (exact) mass is 240 g/mol. The van der Waals surface area contributed by atoms with Crippen LogP contribution in [0.4, 0.5) is 0 Å². The van der Waals surface area contributed by atoms with Gasteiger partial charge < -0.3 is 0 Å². The SMILES string of the molecule is CCCC[n+]1c(C)cc(-c2ccccc2)cc1C. The van der Waals surface area contributed by atoms with Gasteiger partial charge in [0.1, 0.15) is 6.54 Å². The first-order valence-corrected chi connectivity index (χ1v) is 6.79. The molecule has 0 fully saturated rings. The van der Waals surface area contributed by atoms with E-state index >= 15 is 0 Å². The van der Waals surface area contributed by atoms with Crippen LogP contribution in [-0.2, 0) is 6.54 Å². The summed E-state index contributed by atoms with van der Waals surface area (Å²) in [5, 5.41) is 0. The topological polar surface area (TPSA) is 3.88 Å². The van der Waals surface area contributed by atoms with E-state index in [9.17, 15) is 0 Å². The van der Waals surface area contributed by atoms with E-state index < -0.39 is 0 Å². The van der Waals surface area contributed by atoms with Gasteiger partial charge >= 0.3 is 0 Å². The summed E-state index contributed by atoms with van der Waals surface area (Å²) in [6, 6.07) is 15.2. The molecule has 0 radical (unpaired) electrons. The maximum Gasteiger partial charge on any atom is 0.179 e. The van der Waals surface area contributed by atoms with Crippen LogP contribution >= 0.6 is 0 Å². The van der Waals surface area contributed by atoms with Crippen molar-refractivity contribution in [3.05, 3.63) is 53.9 Å². The van der Waals surface area contributed by atoms with Crippen molar-refractivity contribution in [2.45, 2.75) is 40.2 Å². The fourth-order valence-corrected chi connectivity index (χ4v) is 2.39. The lowest BCUT2D eigenvalue weighted by molar-refractivity contribution is -0.708. The van der Waals surface area contributed by atoms with E-state index in [1.165, 1.54) is 35.4 Å². The molecule has 1 aromatic carbocycles. The summed E-state index contributed by atoms with van der Waals surface area (Å²) in [5.74, 6) is 0. The highest BCUT2D eigenvalue weighted by molar-refractivity contribution is 5.63. The molecule has 0 aliphatic rings. The maximum atomic E-state index is 2.41. The Morgan fingerprint density at radius 1 is 0.889 bits per heavy atom. The Hall–Kier alpha value is -1.63. The molecule has 0 saturated carbocycles. The van der Waals surface area contributed by atoms with Crippen LogP contribution in [0.2, 0.25) is 0 Å². The molecule has 0 spiro atoms. The van der Waals surface area contributed by atoms with Crippen LogP contribution in [0, 0.1) is 13.8 Å². The lowest BCUT2D eigenvalue weighted by Gasteiger charge is -2.07. The van der Waals surface area contributed by atoms with Gasteiger partial charge in [-0.1, -0.05) is 43.7 Å². The van der Waals surface area contributed by atoms with Crippen molar-refractivity contribution in [3.8, 4) is 11.1 Å². The summed E-state index contributed by atoms with van der Waals surface area (Å²) in [6.45, 7) is 7.77. The van der Waals surface area contributed by atoms with Crippen molar-refractivity contribution in [3.63, 3.8) is 0 Å². The molecule has 0 bridgehead atoms. The highest BCUT2D eigenvalue weighted by Gasteiger charge is 2.12. The Kier molecular flexibility index (Phi) is 4.14. The summed E-state index contributed by atoms with van der Waals surface area (Å²) < 4.78 is 2.41. The average molecular weight is 240 g/mol. The van der Waals surface area contributed by atoms with Crippen LogP contribution in [0.1, 0.15) is 31.2 Å². The molecular weight excluding hydrogens is 218 g/mol. The predicted octanol–water partition coefficient (Wildman–Crippen LogP) is 4.06. The number of rotatable bonds is 4. The highest BCUT2D eigenvalue weighted by Crippen LogP contribution is 2.19. The third-order valence-corrected chi connectivity index (χ3v) is 3.42. The van der Waals surface area contributed by atoms with Crippen LogP contribution in [0.25, 0.3) is 11.1 Å². The Bertz CT molecular complexity index is 491. The van der Waals surface area contributed by atoms with Crippen molar-refractivity contribution in [2.24, 2.45) is 0 Å². The van der Waals surface area contributed by atoms with Gasteiger partial charge in [0.2, 0.25) is 0 Å². The Balaban J connectivity index is 2.36. The first-order chi connectivity index (χ1) is 8.72. The van der Waals surface area contributed by atoms with Crippen molar-refractivity contribution < 1.29 is 4.57 Å². The molecule has 1 heterocycles. The Morgan fingerprint density at radius 2 is 1.50 bits per heavy atom. The fraction of sp³-hybridized carbons (Fsp3) is 0.353. The molecule has 2 aromatic rings. The van der Waals surface area contributed by atoms with Crippen LogP contribution in [0.5, 0.6) is 0 Å². The zero-order valence-electron chi connectivity index (χ0n) is 11.6. The van der Waals surface area contributed by atoms with Gasteiger partial charge in [-0.2, -0.15) is 0 Å². The smallest absolute Gasteiger partial charge is 0.179 e.